The van der Waals surface area contributed by atoms with E-state index >= 15 is 0 Å². The summed E-state index contributed by atoms with van der Waals surface area (Å²) in [5, 5.41) is 0. The van der Waals surface area contributed by atoms with Crippen LogP contribution >= 0.6 is 0 Å². The number of nitrogens with zero attached hydrogens (tertiary/aromatic N) is 1. The number of benzene rings is 1. The smallest absolute Gasteiger partial charge is 0.219 e. The zero-order valence-corrected chi connectivity index (χ0v) is 15.2. The Morgan fingerprint density at radius 3 is 2.76 bits per heavy atom. The lowest BCUT2D eigenvalue weighted by Gasteiger charge is -2.33. The van der Waals surface area contributed by atoms with Gasteiger partial charge in [0.15, 0.2) is 0 Å². The molecule has 2 heterocycles. The number of furan rings is 1. The van der Waals surface area contributed by atoms with Gasteiger partial charge in [0.2, 0.25) is 10.0 Å². The van der Waals surface area contributed by atoms with Crippen molar-refractivity contribution in [1.82, 2.24) is 4.31 Å². The lowest BCUT2D eigenvalue weighted by molar-refractivity contribution is 0.0240. The van der Waals surface area contributed by atoms with Crippen LogP contribution in [0.1, 0.15) is 35.6 Å². The van der Waals surface area contributed by atoms with E-state index in [4.69, 9.17) is 9.15 Å². The Kier molecular flexibility index (Phi) is 5.27. The number of rotatable bonds is 5. The van der Waals surface area contributed by atoms with Gasteiger partial charge in [0, 0.05) is 18.5 Å². The molecule has 7 heteroatoms. The molecule has 1 fully saturated rings. The zero-order valence-electron chi connectivity index (χ0n) is 14.4. The Hall–Kier alpha value is -1.70. The number of halogens is 1. The van der Waals surface area contributed by atoms with Gasteiger partial charge in [-0.15, -0.1) is 0 Å². The lowest BCUT2D eigenvalue weighted by atomic mass is 10.2. The second-order valence-corrected chi connectivity index (χ2v) is 8.13. The van der Waals surface area contributed by atoms with Crippen molar-refractivity contribution in [3.63, 3.8) is 0 Å². The first-order valence-electron chi connectivity index (χ1n) is 8.31. The molecular formula is C18H22FNO4S. The lowest BCUT2D eigenvalue weighted by Crippen LogP contribution is -2.43. The molecule has 5 nitrogen and oxygen atoms in total. The van der Waals surface area contributed by atoms with E-state index in [1.54, 1.807) is 19.1 Å². The van der Waals surface area contributed by atoms with Crippen LogP contribution in [0.25, 0.3) is 0 Å². The monoisotopic (exact) mass is 367 g/mol. The molecule has 1 saturated heterocycles. The predicted octanol–water partition coefficient (Wildman–Crippen LogP) is 3.19. The van der Waals surface area contributed by atoms with Crippen LogP contribution in [-0.4, -0.2) is 32.5 Å². The third kappa shape index (κ3) is 3.94. The van der Waals surface area contributed by atoms with E-state index in [2.05, 4.69) is 0 Å². The molecule has 1 atom stereocenters. The van der Waals surface area contributed by atoms with E-state index in [-0.39, 0.29) is 24.5 Å². The molecule has 136 valence electrons. The first kappa shape index (κ1) is 18.1. The molecule has 1 aliphatic rings. The third-order valence-electron chi connectivity index (χ3n) is 4.34. The molecule has 1 aliphatic heterocycles. The van der Waals surface area contributed by atoms with Gasteiger partial charge >= 0.3 is 0 Å². The van der Waals surface area contributed by atoms with Crippen LogP contribution in [0, 0.1) is 12.7 Å². The normalized spacial score (nSPS) is 19.2. The molecule has 25 heavy (non-hydrogen) atoms. The largest absolute Gasteiger partial charge is 0.464 e. The van der Waals surface area contributed by atoms with Crippen molar-refractivity contribution in [1.29, 1.82) is 0 Å². The minimum Gasteiger partial charge on any atom is -0.464 e. The summed E-state index contributed by atoms with van der Waals surface area (Å²) < 4.78 is 52.5. The summed E-state index contributed by atoms with van der Waals surface area (Å²) in [5.74, 6) is 0.475. The summed E-state index contributed by atoms with van der Waals surface area (Å²) in [5.41, 5.74) is 0.926. The molecule has 0 spiro atoms. The van der Waals surface area contributed by atoms with Gasteiger partial charge in [-0.05, 0) is 30.7 Å². The molecule has 1 unspecified atom stereocenters. The van der Waals surface area contributed by atoms with Crippen molar-refractivity contribution in [2.45, 2.75) is 32.1 Å². The van der Waals surface area contributed by atoms with Crippen LogP contribution in [0.2, 0.25) is 0 Å². The fourth-order valence-corrected chi connectivity index (χ4v) is 4.66. The van der Waals surface area contributed by atoms with E-state index in [1.165, 1.54) is 16.4 Å². The molecule has 0 bridgehead atoms. The first-order valence-corrected chi connectivity index (χ1v) is 9.92. The molecule has 0 saturated carbocycles. The molecule has 1 aromatic carbocycles. The second kappa shape index (κ2) is 7.27. The highest BCUT2D eigenvalue weighted by molar-refractivity contribution is 7.88. The number of hydrogen-bond acceptors (Lipinski definition) is 4. The number of sulfonamides is 1. The Labute approximate surface area is 147 Å². The van der Waals surface area contributed by atoms with Crippen LogP contribution in [0.5, 0.6) is 0 Å². The number of morpholine rings is 1. The third-order valence-corrected chi connectivity index (χ3v) is 6.17. The maximum atomic E-state index is 14.1. The van der Waals surface area contributed by atoms with Gasteiger partial charge in [-0.3, -0.25) is 0 Å². The first-order chi connectivity index (χ1) is 11.9. The molecule has 0 amide bonds. The predicted molar refractivity (Wildman–Crippen MR) is 92.1 cm³/mol. The summed E-state index contributed by atoms with van der Waals surface area (Å²) in [4.78, 5) is 0. The molecule has 0 aliphatic carbocycles. The van der Waals surface area contributed by atoms with Gasteiger partial charge in [-0.1, -0.05) is 19.1 Å². The van der Waals surface area contributed by atoms with E-state index in [0.29, 0.717) is 12.4 Å². The number of ether oxygens (including phenoxy) is 1. The maximum absolute atomic E-state index is 14.1. The molecule has 3 rings (SSSR count). The van der Waals surface area contributed by atoms with Crippen molar-refractivity contribution in [2.24, 2.45) is 0 Å². The average molecular weight is 367 g/mol. The van der Waals surface area contributed by atoms with Crippen molar-refractivity contribution in [3.8, 4) is 0 Å². The Balaban J connectivity index is 1.87. The molecule has 2 aromatic rings. The number of hydrogen-bond donors (Lipinski definition) is 0. The quantitative estimate of drug-likeness (QED) is 0.814. The summed E-state index contributed by atoms with van der Waals surface area (Å²) >= 11 is 0. The van der Waals surface area contributed by atoms with Gasteiger partial charge in [0.25, 0.3) is 0 Å². The molecule has 0 radical (unpaired) electrons. The van der Waals surface area contributed by atoms with E-state index < -0.39 is 21.9 Å². The summed E-state index contributed by atoms with van der Waals surface area (Å²) in [6.45, 7) is 4.50. The second-order valence-electron chi connectivity index (χ2n) is 6.21. The highest BCUT2D eigenvalue weighted by Gasteiger charge is 2.36. The molecule has 0 N–H and O–H groups in total. The minimum atomic E-state index is -3.71. The fourth-order valence-electron chi connectivity index (χ4n) is 2.96. The highest BCUT2D eigenvalue weighted by Crippen LogP contribution is 2.30. The van der Waals surface area contributed by atoms with E-state index in [9.17, 15) is 12.8 Å². The van der Waals surface area contributed by atoms with E-state index in [0.717, 1.165) is 17.7 Å². The van der Waals surface area contributed by atoms with Crippen LogP contribution < -0.4 is 0 Å². The summed E-state index contributed by atoms with van der Waals surface area (Å²) in [6, 6.07) is 7.70. The SMILES string of the molecule is CCc1ccc(C2COCCN2S(=O)(=O)Cc2ccc(C)cc2F)o1. The van der Waals surface area contributed by atoms with Gasteiger partial charge < -0.3 is 9.15 Å². The topological polar surface area (TPSA) is 59.8 Å². The standard InChI is InChI=1S/C18H22FNO4S/c1-3-15-6-7-18(24-15)17-11-23-9-8-20(17)25(21,22)12-14-5-4-13(2)10-16(14)19/h4-7,10,17H,3,8-9,11-12H2,1-2H3. The average Bonchev–Trinajstić information content (AvgIpc) is 3.06. The van der Waals surface area contributed by atoms with Crippen molar-refractivity contribution >= 4 is 10.0 Å². The molecular weight excluding hydrogens is 345 g/mol. The van der Waals surface area contributed by atoms with E-state index in [1.807, 2.05) is 13.0 Å². The fraction of sp³-hybridized carbons (Fsp3) is 0.444. The highest BCUT2D eigenvalue weighted by atomic mass is 32.2. The summed E-state index contributed by atoms with van der Waals surface area (Å²) in [6.07, 6.45) is 0.731. The van der Waals surface area contributed by atoms with Crippen molar-refractivity contribution in [2.75, 3.05) is 19.8 Å². The van der Waals surface area contributed by atoms with Crippen molar-refractivity contribution in [3.05, 3.63) is 58.8 Å². The van der Waals surface area contributed by atoms with Gasteiger partial charge in [0.1, 0.15) is 23.4 Å². The minimum absolute atomic E-state index is 0.171. The van der Waals surface area contributed by atoms with Crippen LogP contribution in [-0.2, 0) is 26.9 Å². The van der Waals surface area contributed by atoms with Crippen LogP contribution in [0.4, 0.5) is 4.39 Å². The number of aryl methyl sites for hydroxylation is 2. The van der Waals surface area contributed by atoms with Crippen molar-refractivity contribution < 1.29 is 22.0 Å². The summed E-state index contributed by atoms with van der Waals surface area (Å²) in [7, 11) is -3.71. The molecule has 1 aromatic heterocycles. The van der Waals surface area contributed by atoms with Crippen LogP contribution in [0.3, 0.4) is 0 Å². The van der Waals surface area contributed by atoms with Gasteiger partial charge in [-0.25, -0.2) is 12.8 Å². The Morgan fingerprint density at radius 1 is 1.28 bits per heavy atom. The Morgan fingerprint density at radius 2 is 2.08 bits per heavy atom. The maximum Gasteiger partial charge on any atom is 0.219 e. The van der Waals surface area contributed by atoms with Gasteiger partial charge in [0.05, 0.1) is 19.0 Å². The van der Waals surface area contributed by atoms with Gasteiger partial charge in [-0.2, -0.15) is 4.31 Å². The zero-order chi connectivity index (χ0) is 18.0. The Bertz CT molecular complexity index is 847. The van der Waals surface area contributed by atoms with Crippen LogP contribution in [0.15, 0.2) is 34.7 Å².